The highest BCUT2D eigenvalue weighted by atomic mass is 19.1. The van der Waals surface area contributed by atoms with E-state index >= 15 is 0 Å². The number of hydrogen-bond donors (Lipinski definition) is 1. The molecule has 0 aliphatic heterocycles. The van der Waals surface area contributed by atoms with Gasteiger partial charge in [-0.1, -0.05) is 35.4 Å². The molecule has 2 aromatic rings. The summed E-state index contributed by atoms with van der Waals surface area (Å²) in [6.07, 6.45) is 0. The van der Waals surface area contributed by atoms with Gasteiger partial charge in [0.1, 0.15) is 5.82 Å². The van der Waals surface area contributed by atoms with Gasteiger partial charge in [-0.25, -0.2) is 4.39 Å². The van der Waals surface area contributed by atoms with Gasteiger partial charge in [0.2, 0.25) is 0 Å². The second kappa shape index (κ2) is 5.54. The Balaban J connectivity index is 2.62. The smallest absolute Gasteiger partial charge is 0.123 e. The van der Waals surface area contributed by atoms with Crippen LogP contribution in [0.2, 0.25) is 0 Å². The summed E-state index contributed by atoms with van der Waals surface area (Å²) in [4.78, 5) is 0. The van der Waals surface area contributed by atoms with Gasteiger partial charge in [0.15, 0.2) is 0 Å². The van der Waals surface area contributed by atoms with Gasteiger partial charge in [-0.15, -0.1) is 0 Å². The first-order valence-electron chi connectivity index (χ1n) is 6.56. The highest BCUT2D eigenvalue weighted by molar-refractivity contribution is 5.69. The highest BCUT2D eigenvalue weighted by Crippen LogP contribution is 2.30. The summed E-state index contributed by atoms with van der Waals surface area (Å²) < 4.78 is 13.6. The Bertz CT molecular complexity index is 570. The van der Waals surface area contributed by atoms with E-state index in [2.05, 4.69) is 44.3 Å². The van der Waals surface area contributed by atoms with E-state index in [1.807, 2.05) is 13.1 Å². The highest BCUT2D eigenvalue weighted by Gasteiger charge is 2.12. The molecule has 0 saturated heterocycles. The summed E-state index contributed by atoms with van der Waals surface area (Å²) in [7, 11) is 1.92. The van der Waals surface area contributed by atoms with Crippen molar-refractivity contribution in [2.75, 3.05) is 7.05 Å². The van der Waals surface area contributed by atoms with Crippen molar-refractivity contribution in [3.05, 3.63) is 58.9 Å². The molecule has 0 amide bonds. The maximum Gasteiger partial charge on any atom is 0.123 e. The average Bonchev–Trinajstić information content (AvgIpc) is 2.36. The summed E-state index contributed by atoms with van der Waals surface area (Å²) in [6, 6.07) is 11.5. The molecule has 2 heteroatoms. The minimum absolute atomic E-state index is 0.191. The van der Waals surface area contributed by atoms with Crippen LogP contribution in [0.4, 0.5) is 4.39 Å². The minimum atomic E-state index is -0.193. The standard InChI is InChI=1S/C17H20FN/c1-11-7-12(2)9-14(8-11)17-10-15(18)5-6-16(17)13(3)19-4/h5-10,13,19H,1-4H3. The van der Waals surface area contributed by atoms with Gasteiger partial charge in [-0.2, -0.15) is 0 Å². The van der Waals surface area contributed by atoms with E-state index in [9.17, 15) is 4.39 Å². The van der Waals surface area contributed by atoms with Crippen LogP contribution in [0.5, 0.6) is 0 Å². The first kappa shape index (κ1) is 13.8. The third-order valence-corrected chi connectivity index (χ3v) is 3.45. The number of halogens is 1. The summed E-state index contributed by atoms with van der Waals surface area (Å²) in [6.45, 7) is 6.22. The topological polar surface area (TPSA) is 12.0 Å². The Morgan fingerprint density at radius 2 is 1.63 bits per heavy atom. The normalized spacial score (nSPS) is 12.5. The first-order chi connectivity index (χ1) is 9.01. The molecule has 1 unspecified atom stereocenters. The van der Waals surface area contributed by atoms with Crippen molar-refractivity contribution in [1.29, 1.82) is 0 Å². The molecule has 2 rings (SSSR count). The molecule has 1 N–H and O–H groups in total. The van der Waals surface area contributed by atoms with Crippen molar-refractivity contribution in [3.63, 3.8) is 0 Å². The monoisotopic (exact) mass is 257 g/mol. The zero-order valence-corrected chi connectivity index (χ0v) is 11.9. The average molecular weight is 257 g/mol. The van der Waals surface area contributed by atoms with E-state index in [1.54, 1.807) is 6.07 Å². The molecule has 0 bridgehead atoms. The van der Waals surface area contributed by atoms with Crippen molar-refractivity contribution in [3.8, 4) is 11.1 Å². The van der Waals surface area contributed by atoms with E-state index in [0.717, 1.165) is 16.7 Å². The fourth-order valence-electron chi connectivity index (χ4n) is 2.44. The third kappa shape index (κ3) is 3.02. The molecule has 0 aliphatic carbocycles. The Hall–Kier alpha value is -1.67. The fraction of sp³-hybridized carbons (Fsp3) is 0.294. The van der Waals surface area contributed by atoms with Crippen molar-refractivity contribution < 1.29 is 4.39 Å². The number of hydrogen-bond acceptors (Lipinski definition) is 1. The molecule has 19 heavy (non-hydrogen) atoms. The van der Waals surface area contributed by atoms with Crippen molar-refractivity contribution in [1.82, 2.24) is 5.32 Å². The first-order valence-corrected chi connectivity index (χ1v) is 6.56. The molecular formula is C17H20FN. The van der Waals surface area contributed by atoms with Crippen molar-refractivity contribution >= 4 is 0 Å². The lowest BCUT2D eigenvalue weighted by atomic mass is 9.93. The van der Waals surface area contributed by atoms with Crippen LogP contribution in [0.3, 0.4) is 0 Å². The SMILES string of the molecule is CNC(C)c1ccc(F)cc1-c1cc(C)cc(C)c1. The van der Waals surface area contributed by atoms with Crippen LogP contribution < -0.4 is 5.32 Å². The molecule has 100 valence electrons. The van der Waals surface area contributed by atoms with Gasteiger partial charge in [-0.3, -0.25) is 0 Å². The van der Waals surface area contributed by atoms with Crippen molar-refractivity contribution in [2.24, 2.45) is 0 Å². The Morgan fingerprint density at radius 3 is 2.21 bits per heavy atom. The van der Waals surface area contributed by atoms with Gasteiger partial charge in [0.05, 0.1) is 0 Å². The van der Waals surface area contributed by atoms with E-state index in [-0.39, 0.29) is 11.9 Å². The number of nitrogens with one attached hydrogen (secondary N) is 1. The molecule has 0 radical (unpaired) electrons. The summed E-state index contributed by atoms with van der Waals surface area (Å²) in [5.74, 6) is -0.193. The largest absolute Gasteiger partial charge is 0.313 e. The Labute approximate surface area is 114 Å². The predicted octanol–water partition coefficient (Wildman–Crippen LogP) is 4.39. The van der Waals surface area contributed by atoms with Crippen LogP contribution in [-0.2, 0) is 0 Å². The van der Waals surface area contributed by atoms with E-state index in [1.165, 1.54) is 17.2 Å². The molecule has 1 atom stereocenters. The fourth-order valence-corrected chi connectivity index (χ4v) is 2.44. The van der Waals surface area contributed by atoms with Crippen LogP contribution >= 0.6 is 0 Å². The lowest BCUT2D eigenvalue weighted by molar-refractivity contribution is 0.620. The van der Waals surface area contributed by atoms with Crippen LogP contribution in [0, 0.1) is 19.7 Å². The summed E-state index contributed by atoms with van der Waals surface area (Å²) in [5, 5.41) is 3.22. The number of benzene rings is 2. The summed E-state index contributed by atoms with van der Waals surface area (Å²) >= 11 is 0. The van der Waals surface area contributed by atoms with Crippen LogP contribution in [0.25, 0.3) is 11.1 Å². The second-order valence-corrected chi connectivity index (χ2v) is 5.12. The second-order valence-electron chi connectivity index (χ2n) is 5.12. The minimum Gasteiger partial charge on any atom is -0.313 e. The number of rotatable bonds is 3. The maximum absolute atomic E-state index is 13.6. The van der Waals surface area contributed by atoms with Gasteiger partial charge >= 0.3 is 0 Å². The van der Waals surface area contributed by atoms with E-state index < -0.39 is 0 Å². The van der Waals surface area contributed by atoms with Crippen LogP contribution in [0.1, 0.15) is 29.7 Å². The van der Waals surface area contributed by atoms with Gasteiger partial charge in [0.25, 0.3) is 0 Å². The van der Waals surface area contributed by atoms with Gasteiger partial charge in [0, 0.05) is 6.04 Å². The lowest BCUT2D eigenvalue weighted by Crippen LogP contribution is -2.13. The maximum atomic E-state index is 13.6. The quantitative estimate of drug-likeness (QED) is 0.860. The Morgan fingerprint density at radius 1 is 1.00 bits per heavy atom. The zero-order valence-electron chi connectivity index (χ0n) is 11.9. The molecule has 0 heterocycles. The molecule has 0 fully saturated rings. The van der Waals surface area contributed by atoms with E-state index in [4.69, 9.17) is 0 Å². The van der Waals surface area contributed by atoms with Gasteiger partial charge in [-0.05, 0) is 56.6 Å². The number of aryl methyl sites for hydroxylation is 2. The molecule has 1 nitrogen and oxygen atoms in total. The molecule has 0 saturated carbocycles. The van der Waals surface area contributed by atoms with Gasteiger partial charge < -0.3 is 5.32 Å². The van der Waals surface area contributed by atoms with Crippen molar-refractivity contribution in [2.45, 2.75) is 26.8 Å². The molecule has 2 aromatic carbocycles. The third-order valence-electron chi connectivity index (χ3n) is 3.45. The molecule has 0 spiro atoms. The zero-order chi connectivity index (χ0) is 14.0. The Kier molecular flexibility index (Phi) is 4.01. The van der Waals surface area contributed by atoms with Crippen LogP contribution in [0.15, 0.2) is 36.4 Å². The molecule has 0 aliphatic rings. The summed E-state index contributed by atoms with van der Waals surface area (Å²) in [5.41, 5.74) is 5.56. The lowest BCUT2D eigenvalue weighted by Gasteiger charge is -2.17. The molecular weight excluding hydrogens is 237 g/mol. The predicted molar refractivity (Wildman–Crippen MR) is 78.8 cm³/mol. The molecule has 0 aromatic heterocycles. The van der Waals surface area contributed by atoms with Crippen LogP contribution in [-0.4, -0.2) is 7.05 Å². The van der Waals surface area contributed by atoms with E-state index in [0.29, 0.717) is 0 Å².